The monoisotopic (exact) mass is 245 g/mol. The van der Waals surface area contributed by atoms with Crippen molar-refractivity contribution in [3.05, 3.63) is 34.9 Å². The molecule has 0 fully saturated rings. The Bertz CT molecular complexity index is 325. The van der Waals surface area contributed by atoms with Gasteiger partial charge in [0.05, 0.1) is 0 Å². The molecule has 0 spiro atoms. The summed E-state index contributed by atoms with van der Waals surface area (Å²) in [6, 6.07) is 7.87. The Morgan fingerprint density at radius 1 is 0.889 bits per heavy atom. The first-order valence-corrected chi connectivity index (χ1v) is 7.84. The minimum atomic E-state index is 1.16. The van der Waals surface area contributed by atoms with Crippen molar-refractivity contribution < 1.29 is 0 Å². The lowest BCUT2D eigenvalue weighted by molar-refractivity contribution is 0.630. The molecule has 1 aromatic rings. The zero-order valence-electron chi connectivity index (χ0n) is 12.5. The number of rotatable bonds is 9. The molecular weight excluding hydrogens is 216 g/mol. The number of hydrogen-bond donors (Lipinski definition) is 0. The molecule has 18 heavy (non-hydrogen) atoms. The van der Waals surface area contributed by atoms with E-state index in [-0.39, 0.29) is 0 Å². The topological polar surface area (TPSA) is 0 Å². The maximum atomic E-state index is 3.49. The molecule has 1 rings (SSSR count). The molecule has 0 N–H and O–H groups in total. The summed E-state index contributed by atoms with van der Waals surface area (Å²) in [6.45, 7) is 6.81. The average Bonchev–Trinajstić information content (AvgIpc) is 2.40. The van der Waals surface area contributed by atoms with Crippen molar-refractivity contribution in [1.29, 1.82) is 0 Å². The van der Waals surface area contributed by atoms with Crippen molar-refractivity contribution in [3.8, 4) is 0 Å². The third kappa shape index (κ3) is 4.84. The summed E-state index contributed by atoms with van der Waals surface area (Å²) in [5, 5.41) is 0. The van der Waals surface area contributed by atoms with Gasteiger partial charge in [0.2, 0.25) is 0 Å². The van der Waals surface area contributed by atoms with E-state index >= 15 is 0 Å². The summed E-state index contributed by atoms with van der Waals surface area (Å²) in [4.78, 5) is 0. The molecule has 0 saturated carbocycles. The van der Waals surface area contributed by atoms with Crippen LogP contribution in [-0.2, 0) is 19.3 Å². The van der Waals surface area contributed by atoms with E-state index in [4.69, 9.17) is 0 Å². The molecule has 0 amide bonds. The summed E-state index contributed by atoms with van der Waals surface area (Å²) < 4.78 is 0. The van der Waals surface area contributed by atoms with Gasteiger partial charge in [-0.3, -0.25) is 0 Å². The summed E-state index contributed by atoms with van der Waals surface area (Å²) in [5.41, 5.74) is 4.63. The van der Waals surface area contributed by atoms with Crippen LogP contribution in [0.5, 0.6) is 0 Å². The molecule has 0 heterocycles. The summed E-state index contributed by atoms with van der Waals surface area (Å²) in [5.74, 6) is 0. The van der Waals surface area contributed by atoms with Gasteiger partial charge in [0.15, 0.2) is 0 Å². The molecule has 0 bridgehead atoms. The van der Waals surface area contributed by atoms with Crippen LogP contribution in [0.2, 0.25) is 0 Å². The van der Waals surface area contributed by atoms with Gasteiger partial charge in [-0.05, 0) is 48.4 Å². The van der Waals surface area contributed by atoms with Gasteiger partial charge < -0.3 is 0 Å². The van der Waals surface area contributed by atoms with E-state index in [1.807, 2.05) is 0 Å². The molecular formula is C18H29. The molecule has 0 saturated heterocycles. The van der Waals surface area contributed by atoms with E-state index in [2.05, 4.69) is 39.0 Å². The second-order valence-electron chi connectivity index (χ2n) is 5.23. The highest BCUT2D eigenvalue weighted by atomic mass is 14.1. The first-order chi connectivity index (χ1) is 8.83. The van der Waals surface area contributed by atoms with E-state index < -0.39 is 0 Å². The lowest BCUT2D eigenvalue weighted by atomic mass is 9.92. The SMILES string of the molecule is CCCCCCCc1[c]ccc(CC)c1CCC. The minimum absolute atomic E-state index is 1.16. The predicted molar refractivity (Wildman–Crippen MR) is 81.1 cm³/mol. The van der Waals surface area contributed by atoms with Gasteiger partial charge in [-0.1, -0.05) is 65.0 Å². The summed E-state index contributed by atoms with van der Waals surface area (Å²) in [6.07, 6.45) is 11.7. The van der Waals surface area contributed by atoms with Crippen LogP contribution in [0.25, 0.3) is 0 Å². The predicted octanol–water partition coefficient (Wildman–Crippen LogP) is 5.51. The molecule has 0 atom stereocenters. The van der Waals surface area contributed by atoms with Gasteiger partial charge in [0.1, 0.15) is 0 Å². The Balaban J connectivity index is 2.57. The van der Waals surface area contributed by atoms with Crippen LogP contribution in [0.1, 0.15) is 76.0 Å². The van der Waals surface area contributed by atoms with Crippen molar-refractivity contribution >= 4 is 0 Å². The maximum Gasteiger partial charge on any atom is -0.0146 e. The Labute approximate surface area is 114 Å². The Hall–Kier alpha value is -0.780. The number of benzene rings is 1. The molecule has 0 aliphatic heterocycles. The second-order valence-corrected chi connectivity index (χ2v) is 5.23. The van der Waals surface area contributed by atoms with E-state index in [1.54, 1.807) is 11.1 Å². The van der Waals surface area contributed by atoms with Crippen LogP contribution >= 0.6 is 0 Å². The standard InChI is InChI=1S/C18H29/c1-4-7-8-9-10-13-17-15-11-14-16(6-3)18(17)12-5-2/h11,14H,4-10,12-13H2,1-3H3. The highest BCUT2D eigenvalue weighted by Crippen LogP contribution is 2.20. The first-order valence-electron chi connectivity index (χ1n) is 7.84. The minimum Gasteiger partial charge on any atom is -0.0654 e. The van der Waals surface area contributed by atoms with Crippen molar-refractivity contribution in [2.24, 2.45) is 0 Å². The van der Waals surface area contributed by atoms with Gasteiger partial charge in [-0.2, -0.15) is 0 Å². The molecule has 0 unspecified atom stereocenters. The van der Waals surface area contributed by atoms with Gasteiger partial charge in [0, 0.05) is 0 Å². The molecule has 0 aliphatic rings. The Morgan fingerprint density at radius 3 is 2.33 bits per heavy atom. The maximum absolute atomic E-state index is 3.49. The van der Waals surface area contributed by atoms with Gasteiger partial charge >= 0.3 is 0 Å². The summed E-state index contributed by atoms with van der Waals surface area (Å²) in [7, 11) is 0. The van der Waals surface area contributed by atoms with Crippen LogP contribution in [0, 0.1) is 6.07 Å². The second kappa shape index (κ2) is 9.19. The quantitative estimate of drug-likeness (QED) is 0.503. The zero-order chi connectivity index (χ0) is 13.2. The Morgan fingerprint density at radius 2 is 1.67 bits per heavy atom. The van der Waals surface area contributed by atoms with E-state index in [0.717, 1.165) is 6.42 Å². The lowest BCUT2D eigenvalue weighted by Gasteiger charge is -2.13. The van der Waals surface area contributed by atoms with Gasteiger partial charge in [0.25, 0.3) is 0 Å². The third-order valence-corrected chi connectivity index (χ3v) is 3.71. The molecule has 0 nitrogen and oxygen atoms in total. The van der Waals surface area contributed by atoms with Crippen LogP contribution < -0.4 is 0 Å². The van der Waals surface area contributed by atoms with Crippen molar-refractivity contribution in [3.63, 3.8) is 0 Å². The number of unbranched alkanes of at least 4 members (excludes halogenated alkanes) is 4. The van der Waals surface area contributed by atoms with Gasteiger partial charge in [-0.15, -0.1) is 0 Å². The fourth-order valence-corrected chi connectivity index (χ4v) is 2.65. The normalized spacial score (nSPS) is 10.8. The highest BCUT2D eigenvalue weighted by Gasteiger charge is 2.06. The zero-order valence-corrected chi connectivity index (χ0v) is 12.5. The highest BCUT2D eigenvalue weighted by molar-refractivity contribution is 5.34. The molecule has 0 heteroatoms. The van der Waals surface area contributed by atoms with Crippen molar-refractivity contribution in [2.75, 3.05) is 0 Å². The van der Waals surface area contributed by atoms with Crippen LogP contribution in [-0.4, -0.2) is 0 Å². The van der Waals surface area contributed by atoms with Crippen LogP contribution in [0.3, 0.4) is 0 Å². The van der Waals surface area contributed by atoms with E-state index in [1.165, 1.54) is 56.9 Å². The van der Waals surface area contributed by atoms with E-state index in [0.29, 0.717) is 0 Å². The molecule has 1 radical (unpaired) electrons. The fraction of sp³-hybridized carbons (Fsp3) is 0.667. The van der Waals surface area contributed by atoms with Crippen LogP contribution in [0.4, 0.5) is 0 Å². The smallest absolute Gasteiger partial charge is 0.0146 e. The first kappa shape index (κ1) is 15.3. The van der Waals surface area contributed by atoms with E-state index in [9.17, 15) is 0 Å². The van der Waals surface area contributed by atoms with Crippen molar-refractivity contribution in [1.82, 2.24) is 0 Å². The fourth-order valence-electron chi connectivity index (χ4n) is 2.65. The number of aryl methyl sites for hydroxylation is 2. The Kier molecular flexibility index (Phi) is 7.80. The molecule has 101 valence electrons. The van der Waals surface area contributed by atoms with Crippen molar-refractivity contribution in [2.45, 2.75) is 78.6 Å². The number of hydrogen-bond acceptors (Lipinski definition) is 0. The molecule has 0 aromatic heterocycles. The lowest BCUT2D eigenvalue weighted by Crippen LogP contribution is -2.00. The molecule has 1 aromatic carbocycles. The van der Waals surface area contributed by atoms with Gasteiger partial charge in [-0.25, -0.2) is 0 Å². The third-order valence-electron chi connectivity index (χ3n) is 3.71. The largest absolute Gasteiger partial charge is 0.0654 e. The summed E-state index contributed by atoms with van der Waals surface area (Å²) >= 11 is 0. The molecule has 0 aliphatic carbocycles. The average molecular weight is 245 g/mol. The van der Waals surface area contributed by atoms with Crippen LogP contribution in [0.15, 0.2) is 12.1 Å².